The molecule has 0 aliphatic heterocycles. The van der Waals surface area contributed by atoms with Gasteiger partial charge in [-0.2, -0.15) is 5.26 Å². The predicted molar refractivity (Wildman–Crippen MR) is 127 cm³/mol. The fraction of sp³-hybridized carbons (Fsp3) is 0.240. The molecule has 1 unspecified atom stereocenters. The highest BCUT2D eigenvalue weighted by Gasteiger charge is 2.26. The van der Waals surface area contributed by atoms with E-state index in [-0.39, 0.29) is 11.2 Å². The Bertz CT molecular complexity index is 1430. The summed E-state index contributed by atoms with van der Waals surface area (Å²) in [6.07, 6.45) is 2.85. The number of halogens is 1. The van der Waals surface area contributed by atoms with Gasteiger partial charge in [0.25, 0.3) is 5.56 Å². The Morgan fingerprint density at radius 1 is 1.25 bits per heavy atom. The summed E-state index contributed by atoms with van der Waals surface area (Å²) < 4.78 is 16.2. The molecule has 0 N–H and O–H groups in total. The fourth-order valence-electron chi connectivity index (χ4n) is 4.21. The average Bonchev–Trinajstić information content (AvgIpc) is 3.16. The molecular weight excluding hydrogens is 441 g/mol. The molecule has 5 rings (SSSR count). The summed E-state index contributed by atoms with van der Waals surface area (Å²) in [5, 5.41) is 10.5. The number of nitriles is 1. The van der Waals surface area contributed by atoms with Crippen LogP contribution in [-0.4, -0.2) is 9.55 Å². The van der Waals surface area contributed by atoms with Crippen molar-refractivity contribution in [1.29, 1.82) is 5.26 Å². The van der Waals surface area contributed by atoms with Crippen LogP contribution in [0, 0.1) is 23.1 Å². The van der Waals surface area contributed by atoms with Crippen LogP contribution in [0.3, 0.4) is 0 Å². The van der Waals surface area contributed by atoms with Crippen molar-refractivity contribution >= 4 is 33.3 Å². The van der Waals surface area contributed by atoms with E-state index < -0.39 is 5.82 Å². The summed E-state index contributed by atoms with van der Waals surface area (Å²) in [6.45, 7) is 2.23. The molecular formula is C25H20FN3OS2. The third-order valence-corrected chi connectivity index (χ3v) is 8.02. The maximum absolute atomic E-state index is 14.8. The molecule has 4 aromatic rings. The lowest BCUT2D eigenvalue weighted by Crippen LogP contribution is -2.23. The number of fused-ring (bicyclic) bond motifs is 3. The van der Waals surface area contributed by atoms with Gasteiger partial charge >= 0.3 is 0 Å². The Kier molecular flexibility index (Phi) is 5.58. The van der Waals surface area contributed by atoms with Gasteiger partial charge in [0.2, 0.25) is 0 Å². The lowest BCUT2D eigenvalue weighted by atomic mass is 9.89. The lowest BCUT2D eigenvalue weighted by molar-refractivity contribution is 0.509. The standard InChI is InChI=1S/C25H20FN3OS2/c1-15-10-11-18-21(12-15)32-23-22(18)24(30)29(20-9-5-4-8-19(20)26)25(28-23)31-14-17-7-3-2-6-16(17)13-27/h2-9,15H,10-12,14H2,1H3. The Balaban J connectivity index is 1.69. The van der Waals surface area contributed by atoms with Crippen LogP contribution >= 0.6 is 23.1 Å². The van der Waals surface area contributed by atoms with E-state index >= 15 is 0 Å². The third-order valence-electron chi connectivity index (χ3n) is 5.89. The third kappa shape index (κ3) is 3.64. The molecule has 0 amide bonds. The van der Waals surface area contributed by atoms with Gasteiger partial charge in [0.15, 0.2) is 5.16 Å². The number of rotatable bonds is 4. The summed E-state index contributed by atoms with van der Waals surface area (Å²) >= 11 is 2.93. The van der Waals surface area contributed by atoms with Crippen molar-refractivity contribution in [2.45, 2.75) is 37.1 Å². The minimum absolute atomic E-state index is 0.201. The molecule has 1 atom stereocenters. The van der Waals surface area contributed by atoms with Gasteiger partial charge in [-0.1, -0.05) is 49.0 Å². The van der Waals surface area contributed by atoms with Gasteiger partial charge in [0.05, 0.1) is 22.7 Å². The second-order valence-electron chi connectivity index (χ2n) is 8.08. The van der Waals surface area contributed by atoms with Crippen LogP contribution in [0.25, 0.3) is 15.9 Å². The van der Waals surface area contributed by atoms with Gasteiger partial charge in [-0.05, 0) is 54.5 Å². The highest BCUT2D eigenvalue weighted by atomic mass is 32.2. The Morgan fingerprint density at radius 3 is 2.84 bits per heavy atom. The van der Waals surface area contributed by atoms with Gasteiger partial charge < -0.3 is 0 Å². The van der Waals surface area contributed by atoms with E-state index in [9.17, 15) is 14.4 Å². The smallest absolute Gasteiger partial charge is 0.267 e. The summed E-state index contributed by atoms with van der Waals surface area (Å²) in [7, 11) is 0. The molecule has 0 saturated carbocycles. The number of para-hydroxylation sites is 1. The van der Waals surface area contributed by atoms with E-state index in [1.165, 1.54) is 27.3 Å². The van der Waals surface area contributed by atoms with Crippen molar-refractivity contribution in [2.24, 2.45) is 5.92 Å². The van der Waals surface area contributed by atoms with Gasteiger partial charge in [-0.25, -0.2) is 9.37 Å². The van der Waals surface area contributed by atoms with E-state index in [0.717, 1.165) is 35.2 Å². The normalized spacial score (nSPS) is 15.5. The van der Waals surface area contributed by atoms with E-state index in [1.807, 2.05) is 18.2 Å². The van der Waals surface area contributed by atoms with Gasteiger partial charge in [0.1, 0.15) is 10.6 Å². The molecule has 160 valence electrons. The van der Waals surface area contributed by atoms with Crippen LogP contribution in [0.4, 0.5) is 4.39 Å². The van der Waals surface area contributed by atoms with Crippen LogP contribution < -0.4 is 5.56 Å². The van der Waals surface area contributed by atoms with Crippen molar-refractivity contribution in [1.82, 2.24) is 9.55 Å². The Labute approximate surface area is 193 Å². The maximum Gasteiger partial charge on any atom is 0.267 e. The van der Waals surface area contributed by atoms with Crippen molar-refractivity contribution in [2.75, 3.05) is 0 Å². The van der Waals surface area contributed by atoms with Gasteiger partial charge in [-0.15, -0.1) is 11.3 Å². The fourth-order valence-corrected chi connectivity index (χ4v) is 6.64. The number of aryl methyl sites for hydroxylation is 1. The maximum atomic E-state index is 14.8. The van der Waals surface area contributed by atoms with E-state index in [0.29, 0.717) is 27.8 Å². The van der Waals surface area contributed by atoms with Crippen LogP contribution in [0.2, 0.25) is 0 Å². The summed E-state index contributed by atoms with van der Waals surface area (Å²) in [6, 6.07) is 15.9. The molecule has 1 aliphatic carbocycles. The number of aromatic nitrogens is 2. The van der Waals surface area contributed by atoms with E-state index in [1.54, 1.807) is 35.6 Å². The highest BCUT2D eigenvalue weighted by molar-refractivity contribution is 7.98. The molecule has 0 bridgehead atoms. The molecule has 0 saturated heterocycles. The lowest BCUT2D eigenvalue weighted by Gasteiger charge is -2.18. The minimum Gasteiger partial charge on any atom is -0.268 e. The molecule has 0 radical (unpaired) electrons. The molecule has 1 aliphatic rings. The van der Waals surface area contributed by atoms with Crippen molar-refractivity contribution in [3.8, 4) is 11.8 Å². The highest BCUT2D eigenvalue weighted by Crippen LogP contribution is 2.37. The molecule has 32 heavy (non-hydrogen) atoms. The first-order valence-corrected chi connectivity index (χ1v) is 12.3. The van der Waals surface area contributed by atoms with Gasteiger partial charge in [0, 0.05) is 10.6 Å². The van der Waals surface area contributed by atoms with E-state index in [2.05, 4.69) is 13.0 Å². The zero-order chi connectivity index (χ0) is 22.2. The monoisotopic (exact) mass is 461 g/mol. The number of nitrogens with zero attached hydrogens (tertiary/aromatic N) is 3. The average molecular weight is 462 g/mol. The minimum atomic E-state index is -0.465. The molecule has 2 aromatic carbocycles. The van der Waals surface area contributed by atoms with Crippen LogP contribution in [0.5, 0.6) is 0 Å². The topological polar surface area (TPSA) is 58.7 Å². The first-order valence-electron chi connectivity index (χ1n) is 10.5. The second kappa shape index (κ2) is 8.53. The molecule has 0 spiro atoms. The molecule has 7 heteroatoms. The van der Waals surface area contributed by atoms with Crippen LogP contribution in [-0.2, 0) is 18.6 Å². The SMILES string of the molecule is CC1CCc2c(sc3nc(SCc4ccccc4C#N)n(-c4ccccc4F)c(=O)c23)C1. The van der Waals surface area contributed by atoms with Gasteiger partial charge in [-0.3, -0.25) is 9.36 Å². The second-order valence-corrected chi connectivity index (χ2v) is 10.1. The molecule has 2 aromatic heterocycles. The van der Waals surface area contributed by atoms with Crippen LogP contribution in [0.15, 0.2) is 58.5 Å². The number of benzene rings is 2. The predicted octanol–water partition coefficient (Wildman–Crippen LogP) is 5.88. The Morgan fingerprint density at radius 2 is 2.03 bits per heavy atom. The molecule has 0 fully saturated rings. The first kappa shape index (κ1) is 20.9. The van der Waals surface area contributed by atoms with Crippen LogP contribution in [0.1, 0.15) is 34.9 Å². The Hall–Kier alpha value is -2.95. The first-order chi connectivity index (χ1) is 15.6. The molecule has 4 nitrogen and oxygen atoms in total. The summed E-state index contributed by atoms with van der Waals surface area (Å²) in [4.78, 5) is 20.5. The number of hydrogen-bond acceptors (Lipinski definition) is 5. The summed E-state index contributed by atoms with van der Waals surface area (Å²) in [5.74, 6) is 0.576. The quantitative estimate of drug-likeness (QED) is 0.281. The number of thiophene rings is 1. The van der Waals surface area contributed by atoms with Crippen molar-refractivity contribution in [3.63, 3.8) is 0 Å². The number of thioether (sulfide) groups is 1. The zero-order valence-corrected chi connectivity index (χ0v) is 19.1. The van der Waals surface area contributed by atoms with E-state index in [4.69, 9.17) is 4.98 Å². The zero-order valence-electron chi connectivity index (χ0n) is 17.5. The molecule has 2 heterocycles. The van der Waals surface area contributed by atoms with Crippen molar-refractivity contribution in [3.05, 3.63) is 86.3 Å². The largest absolute Gasteiger partial charge is 0.268 e. The van der Waals surface area contributed by atoms with Crippen molar-refractivity contribution < 1.29 is 4.39 Å². The number of hydrogen-bond donors (Lipinski definition) is 0. The summed E-state index contributed by atoms with van der Waals surface area (Å²) in [5.41, 5.74) is 2.50.